The van der Waals surface area contributed by atoms with E-state index in [4.69, 9.17) is 5.11 Å². The molecule has 0 spiro atoms. The SMILES string of the molecule is CC(C)NC(=O)N1C[C@H](O)C[C@@H]1C(=O)O. The third-order valence-electron chi connectivity index (χ3n) is 2.24. The number of nitrogens with zero attached hydrogens (tertiary/aromatic N) is 1. The molecule has 2 amide bonds. The summed E-state index contributed by atoms with van der Waals surface area (Å²) in [6.45, 7) is 3.66. The number of β-amino-alcohol motifs (C(OH)–C–C–N with tert-alkyl or cyclic N) is 1. The van der Waals surface area contributed by atoms with Gasteiger partial charge in [-0.25, -0.2) is 9.59 Å². The number of carboxylic acid groups (broad SMARTS) is 1. The topological polar surface area (TPSA) is 89.9 Å². The molecule has 0 aromatic heterocycles. The summed E-state index contributed by atoms with van der Waals surface area (Å²) in [6.07, 6.45) is -0.648. The van der Waals surface area contributed by atoms with E-state index in [1.54, 1.807) is 13.8 Å². The van der Waals surface area contributed by atoms with Crippen LogP contribution in [-0.2, 0) is 4.79 Å². The van der Waals surface area contributed by atoms with Gasteiger partial charge in [0.05, 0.1) is 6.10 Å². The number of rotatable bonds is 2. The number of urea groups is 1. The summed E-state index contributed by atoms with van der Waals surface area (Å²) in [5.74, 6) is -1.08. The summed E-state index contributed by atoms with van der Waals surface area (Å²) in [5.41, 5.74) is 0. The van der Waals surface area contributed by atoms with Gasteiger partial charge in [0.25, 0.3) is 0 Å². The fraction of sp³-hybridized carbons (Fsp3) is 0.778. The number of aliphatic hydroxyl groups excluding tert-OH is 1. The van der Waals surface area contributed by atoms with Gasteiger partial charge in [0.15, 0.2) is 0 Å². The normalized spacial score (nSPS) is 25.7. The number of carboxylic acids is 1. The van der Waals surface area contributed by atoms with Crippen LogP contribution in [0.25, 0.3) is 0 Å². The molecule has 0 bridgehead atoms. The standard InChI is InChI=1S/C9H16N2O4/c1-5(2)10-9(15)11-4-6(12)3-7(11)8(13)14/h5-7,12H,3-4H2,1-2H3,(H,10,15)(H,13,14)/t6-,7-/m1/s1. The first-order valence-electron chi connectivity index (χ1n) is 4.89. The van der Waals surface area contributed by atoms with Crippen LogP contribution in [0.4, 0.5) is 4.79 Å². The Morgan fingerprint density at radius 2 is 2.07 bits per heavy atom. The molecule has 1 fully saturated rings. The van der Waals surface area contributed by atoms with Crippen LogP contribution < -0.4 is 5.32 Å². The Morgan fingerprint density at radius 3 is 2.53 bits per heavy atom. The molecule has 1 rings (SSSR count). The number of aliphatic carboxylic acids is 1. The van der Waals surface area contributed by atoms with Crippen LogP contribution in [-0.4, -0.2) is 51.8 Å². The van der Waals surface area contributed by atoms with Crippen molar-refractivity contribution in [1.29, 1.82) is 0 Å². The smallest absolute Gasteiger partial charge is 0.326 e. The second-order valence-electron chi connectivity index (χ2n) is 4.00. The fourth-order valence-electron chi connectivity index (χ4n) is 1.60. The molecule has 1 saturated heterocycles. The molecule has 0 unspecified atom stereocenters. The summed E-state index contributed by atoms with van der Waals surface area (Å²) in [6, 6.07) is -1.41. The minimum absolute atomic E-state index is 0.0512. The third-order valence-corrected chi connectivity index (χ3v) is 2.24. The second kappa shape index (κ2) is 4.48. The minimum Gasteiger partial charge on any atom is -0.480 e. The van der Waals surface area contributed by atoms with Crippen LogP contribution in [0.1, 0.15) is 20.3 Å². The number of nitrogens with one attached hydrogen (secondary N) is 1. The van der Waals surface area contributed by atoms with Crippen molar-refractivity contribution in [3.63, 3.8) is 0 Å². The van der Waals surface area contributed by atoms with E-state index in [1.165, 1.54) is 0 Å². The molecule has 1 aliphatic heterocycles. The second-order valence-corrected chi connectivity index (χ2v) is 4.00. The molecule has 1 aliphatic rings. The van der Waals surface area contributed by atoms with Crippen molar-refractivity contribution >= 4 is 12.0 Å². The number of hydrogen-bond donors (Lipinski definition) is 3. The van der Waals surface area contributed by atoms with E-state index in [9.17, 15) is 14.7 Å². The maximum Gasteiger partial charge on any atom is 0.326 e. The molecule has 3 N–H and O–H groups in total. The van der Waals surface area contributed by atoms with Crippen molar-refractivity contribution in [2.24, 2.45) is 0 Å². The van der Waals surface area contributed by atoms with Crippen LogP contribution in [0.2, 0.25) is 0 Å². The fourth-order valence-corrected chi connectivity index (χ4v) is 1.60. The zero-order chi connectivity index (χ0) is 11.6. The summed E-state index contributed by atoms with van der Waals surface area (Å²) in [4.78, 5) is 23.5. The Bertz CT molecular complexity index is 267. The lowest BCUT2D eigenvalue weighted by molar-refractivity contribution is -0.141. The number of hydrogen-bond acceptors (Lipinski definition) is 3. The van der Waals surface area contributed by atoms with Crippen molar-refractivity contribution < 1.29 is 19.8 Å². The minimum atomic E-state index is -1.08. The molecule has 0 aromatic rings. The predicted molar refractivity (Wildman–Crippen MR) is 52.4 cm³/mol. The van der Waals surface area contributed by atoms with Gasteiger partial charge in [0, 0.05) is 19.0 Å². The van der Waals surface area contributed by atoms with Gasteiger partial charge in [-0.15, -0.1) is 0 Å². The number of likely N-dealkylation sites (tertiary alicyclic amines) is 1. The van der Waals surface area contributed by atoms with Crippen molar-refractivity contribution in [3.05, 3.63) is 0 Å². The first kappa shape index (κ1) is 11.8. The molecule has 0 aliphatic carbocycles. The lowest BCUT2D eigenvalue weighted by Gasteiger charge is -2.22. The largest absolute Gasteiger partial charge is 0.480 e. The predicted octanol–water partition coefficient (Wildman–Crippen LogP) is -0.376. The molecule has 1 heterocycles. The van der Waals surface area contributed by atoms with Crippen LogP contribution >= 0.6 is 0 Å². The molecule has 2 atom stereocenters. The molecule has 15 heavy (non-hydrogen) atoms. The maximum absolute atomic E-state index is 11.6. The van der Waals surface area contributed by atoms with Crippen LogP contribution in [0.15, 0.2) is 0 Å². The van der Waals surface area contributed by atoms with Crippen molar-refractivity contribution in [2.45, 2.75) is 38.5 Å². The van der Waals surface area contributed by atoms with Crippen LogP contribution in [0.3, 0.4) is 0 Å². The van der Waals surface area contributed by atoms with Crippen molar-refractivity contribution in [1.82, 2.24) is 10.2 Å². The lowest BCUT2D eigenvalue weighted by Crippen LogP contribution is -2.48. The Morgan fingerprint density at radius 1 is 1.47 bits per heavy atom. The van der Waals surface area contributed by atoms with Gasteiger partial charge in [-0.2, -0.15) is 0 Å². The quantitative estimate of drug-likeness (QED) is 0.587. The van der Waals surface area contributed by atoms with E-state index in [2.05, 4.69) is 5.32 Å². The van der Waals surface area contributed by atoms with Crippen molar-refractivity contribution in [2.75, 3.05) is 6.54 Å². The summed E-state index contributed by atoms with van der Waals surface area (Å²) in [5, 5.41) is 20.8. The highest BCUT2D eigenvalue weighted by molar-refractivity contribution is 5.83. The number of aliphatic hydroxyl groups is 1. The zero-order valence-electron chi connectivity index (χ0n) is 8.80. The van der Waals surface area contributed by atoms with Gasteiger partial charge < -0.3 is 20.4 Å². The molecule has 6 nitrogen and oxygen atoms in total. The Balaban J connectivity index is 2.66. The molecule has 0 radical (unpaired) electrons. The summed E-state index contributed by atoms with van der Waals surface area (Å²) < 4.78 is 0. The molecular weight excluding hydrogens is 200 g/mol. The summed E-state index contributed by atoms with van der Waals surface area (Å²) >= 11 is 0. The molecule has 6 heteroatoms. The van der Waals surface area contributed by atoms with E-state index in [0.717, 1.165) is 4.90 Å². The van der Waals surface area contributed by atoms with Crippen LogP contribution in [0, 0.1) is 0 Å². The molecule has 86 valence electrons. The first-order valence-corrected chi connectivity index (χ1v) is 4.89. The van der Waals surface area contributed by atoms with Gasteiger partial charge in [0.1, 0.15) is 6.04 Å². The van der Waals surface area contributed by atoms with E-state index in [0.29, 0.717) is 0 Å². The van der Waals surface area contributed by atoms with Gasteiger partial charge in [-0.3, -0.25) is 0 Å². The average molecular weight is 216 g/mol. The van der Waals surface area contributed by atoms with E-state index < -0.39 is 24.1 Å². The highest BCUT2D eigenvalue weighted by Gasteiger charge is 2.38. The molecule has 0 saturated carbocycles. The van der Waals surface area contributed by atoms with E-state index >= 15 is 0 Å². The highest BCUT2D eigenvalue weighted by Crippen LogP contribution is 2.18. The van der Waals surface area contributed by atoms with Gasteiger partial charge in [-0.05, 0) is 13.8 Å². The maximum atomic E-state index is 11.6. The first-order chi connectivity index (χ1) is 6.91. The zero-order valence-corrected chi connectivity index (χ0v) is 8.80. The number of amides is 2. The van der Waals surface area contributed by atoms with E-state index in [-0.39, 0.29) is 19.0 Å². The van der Waals surface area contributed by atoms with Gasteiger partial charge in [0.2, 0.25) is 0 Å². The Labute approximate surface area is 87.9 Å². The average Bonchev–Trinajstić information content (AvgIpc) is 2.46. The monoisotopic (exact) mass is 216 g/mol. The van der Waals surface area contributed by atoms with Crippen LogP contribution in [0.5, 0.6) is 0 Å². The van der Waals surface area contributed by atoms with Gasteiger partial charge in [-0.1, -0.05) is 0 Å². The molecule has 0 aromatic carbocycles. The van der Waals surface area contributed by atoms with E-state index in [1.807, 2.05) is 0 Å². The van der Waals surface area contributed by atoms with Gasteiger partial charge >= 0.3 is 12.0 Å². The highest BCUT2D eigenvalue weighted by atomic mass is 16.4. The number of carbonyl (C=O) groups is 2. The lowest BCUT2D eigenvalue weighted by atomic mass is 10.2. The third kappa shape index (κ3) is 2.82. The number of carbonyl (C=O) groups excluding carboxylic acids is 1. The summed E-state index contributed by atoms with van der Waals surface area (Å²) in [7, 11) is 0. The Kier molecular flexibility index (Phi) is 3.52. The van der Waals surface area contributed by atoms with Crippen molar-refractivity contribution in [3.8, 4) is 0 Å². The molecular formula is C9H16N2O4. The Hall–Kier alpha value is -1.30.